The predicted octanol–water partition coefficient (Wildman–Crippen LogP) is 17.5. The summed E-state index contributed by atoms with van der Waals surface area (Å²) in [6.45, 7) is 4.72. The molecule has 13 rings (SSSR count). The summed E-state index contributed by atoms with van der Waals surface area (Å²) in [5.41, 5.74) is 20.8. The zero-order valence-corrected chi connectivity index (χ0v) is 37.6. The molecule has 0 spiro atoms. The quantitative estimate of drug-likeness (QED) is 0.144. The predicted molar refractivity (Wildman–Crippen MR) is 282 cm³/mol. The Morgan fingerprint density at radius 1 is 0.284 bits per heavy atom. The molecular weight excluding hydrogens is 807 g/mol. The minimum absolute atomic E-state index is 0.0893. The smallest absolute Gasteiger partial charge is 0.0713 e. The van der Waals surface area contributed by atoms with Gasteiger partial charge in [-0.1, -0.05) is 226 Å². The number of rotatable bonds is 7. The third-order valence-corrected chi connectivity index (χ3v) is 14.9. The topological polar surface area (TPSA) is 3.24 Å². The second-order valence-electron chi connectivity index (χ2n) is 18.7. The van der Waals surface area contributed by atoms with Gasteiger partial charge in [-0.05, 0) is 136 Å². The fourth-order valence-corrected chi connectivity index (χ4v) is 12.0. The average molecular weight is 854 g/mol. The first-order valence-electron chi connectivity index (χ1n) is 23.5. The highest BCUT2D eigenvalue weighted by Crippen LogP contribution is 2.58. The summed E-state index contributed by atoms with van der Waals surface area (Å²) in [5, 5.41) is 5.02. The van der Waals surface area contributed by atoms with Crippen molar-refractivity contribution in [2.24, 2.45) is 0 Å². The summed E-state index contributed by atoms with van der Waals surface area (Å²) >= 11 is 0. The summed E-state index contributed by atoms with van der Waals surface area (Å²) in [4.78, 5) is 2.47. The van der Waals surface area contributed by atoms with E-state index in [1.54, 1.807) is 0 Å². The number of fused-ring (bicyclic) bond motifs is 8. The molecule has 1 heteroatoms. The molecule has 2 aliphatic carbocycles. The molecule has 11 aromatic carbocycles. The van der Waals surface area contributed by atoms with Gasteiger partial charge in [0.2, 0.25) is 0 Å². The minimum atomic E-state index is -0.468. The van der Waals surface area contributed by atoms with Gasteiger partial charge in [0.15, 0.2) is 0 Å². The van der Waals surface area contributed by atoms with Gasteiger partial charge in [0.05, 0.1) is 5.41 Å². The Morgan fingerprint density at radius 2 is 0.642 bits per heavy atom. The molecule has 67 heavy (non-hydrogen) atoms. The largest absolute Gasteiger partial charge is 0.310 e. The first-order chi connectivity index (χ1) is 33.0. The van der Waals surface area contributed by atoms with E-state index in [0.717, 1.165) is 17.1 Å². The first kappa shape index (κ1) is 39.1. The van der Waals surface area contributed by atoms with E-state index in [-0.39, 0.29) is 5.41 Å². The van der Waals surface area contributed by atoms with Crippen LogP contribution in [0.25, 0.3) is 66.1 Å². The standard InChI is InChI=1S/C66H47N/c1-65(2)59-32-18-16-26-51(59)57-42-49(38-40-60(57)65)67(50-39-41-62-58(43-50)52-27-17-19-33-61(52)66(62,46-22-8-4-9-23-46)47-24-10-5-11-25-47)48-36-34-45(35-37-48)64-55-30-14-12-28-53(55)63(44-20-6-3-7-21-44)54-29-13-15-31-56(54)64/h3-43H,1-2H3. The monoisotopic (exact) mass is 853 g/mol. The summed E-state index contributed by atoms with van der Waals surface area (Å²) < 4.78 is 0. The Morgan fingerprint density at radius 3 is 1.18 bits per heavy atom. The first-order valence-corrected chi connectivity index (χ1v) is 23.5. The lowest BCUT2D eigenvalue weighted by Gasteiger charge is -2.34. The van der Waals surface area contributed by atoms with Gasteiger partial charge in [-0.3, -0.25) is 0 Å². The number of benzene rings is 11. The lowest BCUT2D eigenvalue weighted by molar-refractivity contribution is 0.660. The summed E-state index contributed by atoms with van der Waals surface area (Å²) in [5.74, 6) is 0. The lowest BCUT2D eigenvalue weighted by atomic mass is 9.68. The van der Waals surface area contributed by atoms with Gasteiger partial charge >= 0.3 is 0 Å². The molecule has 11 aromatic rings. The van der Waals surface area contributed by atoms with E-state index in [4.69, 9.17) is 0 Å². The average Bonchev–Trinajstić information content (AvgIpc) is 3.81. The molecule has 2 aliphatic rings. The molecule has 1 nitrogen and oxygen atoms in total. The van der Waals surface area contributed by atoms with Crippen molar-refractivity contribution in [1.82, 2.24) is 0 Å². The molecule has 0 aliphatic heterocycles. The van der Waals surface area contributed by atoms with Crippen LogP contribution >= 0.6 is 0 Å². The van der Waals surface area contributed by atoms with Gasteiger partial charge in [-0.15, -0.1) is 0 Å². The van der Waals surface area contributed by atoms with E-state index in [2.05, 4.69) is 267 Å². The molecule has 0 bridgehead atoms. The maximum atomic E-state index is 2.47. The Kier molecular flexibility index (Phi) is 8.85. The molecular formula is C66H47N. The van der Waals surface area contributed by atoms with Crippen LogP contribution in [0.4, 0.5) is 17.1 Å². The zero-order chi connectivity index (χ0) is 44.7. The Balaban J connectivity index is 1.02. The van der Waals surface area contributed by atoms with Crippen molar-refractivity contribution in [3.05, 3.63) is 282 Å². The third kappa shape index (κ3) is 5.81. The van der Waals surface area contributed by atoms with Crippen LogP contribution in [0.1, 0.15) is 47.2 Å². The molecule has 0 fully saturated rings. The number of nitrogens with zero attached hydrogens (tertiary/aromatic N) is 1. The fraction of sp³-hybridized carbons (Fsp3) is 0.0606. The maximum Gasteiger partial charge on any atom is 0.0713 e. The van der Waals surface area contributed by atoms with E-state index in [9.17, 15) is 0 Å². The van der Waals surface area contributed by atoms with Crippen molar-refractivity contribution in [2.75, 3.05) is 4.90 Å². The van der Waals surface area contributed by atoms with E-state index < -0.39 is 5.41 Å². The SMILES string of the molecule is CC1(C)c2ccccc2-c2cc(N(c3ccc(-c4c5ccccc5c(-c5ccccc5)c5ccccc45)cc3)c3ccc4c(c3)-c3ccccc3C4(c3ccccc3)c3ccccc3)ccc21. The van der Waals surface area contributed by atoms with Crippen molar-refractivity contribution in [3.8, 4) is 44.5 Å². The van der Waals surface area contributed by atoms with Crippen molar-refractivity contribution >= 4 is 38.6 Å². The second kappa shape index (κ2) is 15.2. The molecule has 0 aromatic heterocycles. The van der Waals surface area contributed by atoms with Gasteiger partial charge in [-0.25, -0.2) is 0 Å². The molecule has 0 radical (unpaired) electrons. The number of anilines is 3. The van der Waals surface area contributed by atoms with Gasteiger partial charge < -0.3 is 4.90 Å². The third-order valence-electron chi connectivity index (χ3n) is 14.9. The second-order valence-corrected chi connectivity index (χ2v) is 18.7. The van der Waals surface area contributed by atoms with Crippen LogP contribution in [-0.4, -0.2) is 0 Å². The highest BCUT2D eigenvalue weighted by molar-refractivity contribution is 6.21. The maximum absolute atomic E-state index is 2.47. The molecule has 316 valence electrons. The van der Waals surface area contributed by atoms with Crippen LogP contribution in [0.5, 0.6) is 0 Å². The van der Waals surface area contributed by atoms with Crippen molar-refractivity contribution in [2.45, 2.75) is 24.7 Å². The van der Waals surface area contributed by atoms with Gasteiger partial charge in [0.1, 0.15) is 0 Å². The van der Waals surface area contributed by atoms with Crippen LogP contribution in [0.3, 0.4) is 0 Å². The molecule has 0 N–H and O–H groups in total. The van der Waals surface area contributed by atoms with Crippen LogP contribution in [-0.2, 0) is 10.8 Å². The molecule has 0 unspecified atom stereocenters. The van der Waals surface area contributed by atoms with Crippen LogP contribution < -0.4 is 4.90 Å². The Bertz CT molecular complexity index is 3600. The van der Waals surface area contributed by atoms with Gasteiger partial charge in [-0.2, -0.15) is 0 Å². The Labute approximate surface area is 392 Å². The fourth-order valence-electron chi connectivity index (χ4n) is 12.0. The van der Waals surface area contributed by atoms with E-state index in [0.29, 0.717) is 0 Å². The highest BCUT2D eigenvalue weighted by atomic mass is 15.1. The molecule has 0 heterocycles. The number of hydrogen-bond acceptors (Lipinski definition) is 1. The normalized spacial score (nSPS) is 13.8. The Hall–Kier alpha value is -8.26. The molecule has 0 saturated heterocycles. The molecule has 0 amide bonds. The van der Waals surface area contributed by atoms with Crippen LogP contribution in [0.15, 0.2) is 249 Å². The van der Waals surface area contributed by atoms with Gasteiger partial charge in [0.25, 0.3) is 0 Å². The minimum Gasteiger partial charge on any atom is -0.310 e. The summed E-state index contributed by atoms with van der Waals surface area (Å²) in [7, 11) is 0. The summed E-state index contributed by atoms with van der Waals surface area (Å²) in [6, 6.07) is 92.5. The van der Waals surface area contributed by atoms with Crippen LogP contribution in [0.2, 0.25) is 0 Å². The highest BCUT2D eigenvalue weighted by Gasteiger charge is 2.46. The van der Waals surface area contributed by atoms with Crippen molar-refractivity contribution in [3.63, 3.8) is 0 Å². The van der Waals surface area contributed by atoms with Crippen molar-refractivity contribution in [1.29, 1.82) is 0 Å². The molecule has 0 atom stereocenters. The van der Waals surface area contributed by atoms with Gasteiger partial charge in [0, 0.05) is 22.5 Å². The van der Waals surface area contributed by atoms with Crippen LogP contribution in [0, 0.1) is 0 Å². The summed E-state index contributed by atoms with van der Waals surface area (Å²) in [6.07, 6.45) is 0. The lowest BCUT2D eigenvalue weighted by Crippen LogP contribution is -2.28. The van der Waals surface area contributed by atoms with Crippen molar-refractivity contribution < 1.29 is 0 Å². The molecule has 0 saturated carbocycles. The van der Waals surface area contributed by atoms with E-state index >= 15 is 0 Å². The zero-order valence-electron chi connectivity index (χ0n) is 37.6. The van der Waals surface area contributed by atoms with E-state index in [1.807, 2.05) is 0 Å². The van der Waals surface area contributed by atoms with E-state index in [1.165, 1.54) is 99.4 Å². The number of hydrogen-bond donors (Lipinski definition) is 0.